The molecule has 1 amide bonds. The summed E-state index contributed by atoms with van der Waals surface area (Å²) in [5.74, 6) is -0.554. The second kappa shape index (κ2) is 8.09. The average Bonchev–Trinajstić information content (AvgIpc) is 2.56. The van der Waals surface area contributed by atoms with Gasteiger partial charge in [0.2, 0.25) is 0 Å². The molecule has 7 nitrogen and oxygen atoms in total. The van der Waals surface area contributed by atoms with Gasteiger partial charge in [-0.3, -0.25) is 0 Å². The lowest BCUT2D eigenvalue weighted by atomic mass is 10.0. The van der Waals surface area contributed by atoms with Crippen LogP contribution in [0.5, 0.6) is 0 Å². The highest BCUT2D eigenvalue weighted by molar-refractivity contribution is 5.92. The Morgan fingerprint density at radius 2 is 1.85 bits per heavy atom. The van der Waals surface area contributed by atoms with E-state index in [1.54, 1.807) is 39.0 Å². The van der Waals surface area contributed by atoms with Gasteiger partial charge in [0.05, 0.1) is 23.8 Å². The fourth-order valence-electron chi connectivity index (χ4n) is 2.19. The minimum Gasteiger partial charge on any atom is -0.465 e. The van der Waals surface area contributed by atoms with Crippen molar-refractivity contribution in [2.75, 3.05) is 25.6 Å². The Labute approximate surface area is 154 Å². The summed E-state index contributed by atoms with van der Waals surface area (Å²) < 4.78 is 9.93. The van der Waals surface area contributed by atoms with Crippen molar-refractivity contribution in [3.05, 3.63) is 29.3 Å². The SMILES string of the molecule is COC(=O)c1ccc(N(C)C(C)(C)CNC(=O)OC(C)(C)C)cc1C#N. The van der Waals surface area contributed by atoms with Crippen LogP contribution in [0, 0.1) is 11.3 Å². The molecule has 0 radical (unpaired) electrons. The molecule has 1 aromatic carbocycles. The van der Waals surface area contributed by atoms with Gasteiger partial charge in [0.25, 0.3) is 0 Å². The van der Waals surface area contributed by atoms with Crippen molar-refractivity contribution in [2.24, 2.45) is 0 Å². The van der Waals surface area contributed by atoms with Crippen molar-refractivity contribution in [1.82, 2.24) is 5.32 Å². The number of hydrogen-bond donors (Lipinski definition) is 1. The van der Waals surface area contributed by atoms with Crippen molar-refractivity contribution in [2.45, 2.75) is 45.8 Å². The average molecular weight is 361 g/mol. The fourth-order valence-corrected chi connectivity index (χ4v) is 2.19. The molecule has 0 unspecified atom stereocenters. The van der Waals surface area contributed by atoms with E-state index in [1.807, 2.05) is 31.9 Å². The second-order valence-electron chi connectivity index (χ2n) is 7.56. The number of esters is 1. The van der Waals surface area contributed by atoms with E-state index < -0.39 is 23.2 Å². The number of carbonyl (C=O) groups excluding carboxylic acids is 2. The summed E-state index contributed by atoms with van der Waals surface area (Å²) in [6.07, 6.45) is -0.488. The predicted octanol–water partition coefficient (Wildman–Crippen LogP) is 3.08. The van der Waals surface area contributed by atoms with Crippen LogP contribution in [-0.4, -0.2) is 43.9 Å². The largest absolute Gasteiger partial charge is 0.465 e. The fraction of sp³-hybridized carbons (Fsp3) is 0.526. The van der Waals surface area contributed by atoms with Crippen LogP contribution in [0.2, 0.25) is 0 Å². The monoisotopic (exact) mass is 361 g/mol. The van der Waals surface area contributed by atoms with Crippen molar-refractivity contribution in [3.8, 4) is 6.07 Å². The summed E-state index contributed by atoms with van der Waals surface area (Å²) >= 11 is 0. The van der Waals surface area contributed by atoms with E-state index in [4.69, 9.17) is 4.74 Å². The number of anilines is 1. The quantitative estimate of drug-likeness (QED) is 0.810. The third kappa shape index (κ3) is 5.66. The number of methoxy groups -OCH3 is 1. The summed E-state index contributed by atoms with van der Waals surface area (Å²) in [6, 6.07) is 6.94. The van der Waals surface area contributed by atoms with E-state index in [1.165, 1.54) is 7.11 Å². The highest BCUT2D eigenvalue weighted by atomic mass is 16.6. The molecule has 7 heteroatoms. The van der Waals surface area contributed by atoms with Crippen LogP contribution < -0.4 is 10.2 Å². The first kappa shape index (κ1) is 21.3. The lowest BCUT2D eigenvalue weighted by molar-refractivity contribution is 0.0516. The van der Waals surface area contributed by atoms with Gasteiger partial charge in [-0.1, -0.05) is 0 Å². The molecule has 0 aliphatic heterocycles. The van der Waals surface area contributed by atoms with Crippen LogP contribution in [-0.2, 0) is 9.47 Å². The van der Waals surface area contributed by atoms with Crippen LogP contribution in [0.15, 0.2) is 18.2 Å². The second-order valence-corrected chi connectivity index (χ2v) is 7.56. The normalized spacial score (nSPS) is 11.3. The van der Waals surface area contributed by atoms with Gasteiger partial charge >= 0.3 is 12.1 Å². The van der Waals surface area contributed by atoms with Gasteiger partial charge in [0.1, 0.15) is 11.7 Å². The third-order valence-corrected chi connectivity index (χ3v) is 3.89. The molecule has 1 N–H and O–H groups in total. The van der Waals surface area contributed by atoms with Gasteiger partial charge < -0.3 is 19.7 Å². The van der Waals surface area contributed by atoms with Crippen LogP contribution in [0.1, 0.15) is 50.5 Å². The van der Waals surface area contributed by atoms with Gasteiger partial charge in [0.15, 0.2) is 0 Å². The number of nitriles is 1. The predicted molar refractivity (Wildman–Crippen MR) is 99.2 cm³/mol. The Balaban J connectivity index is 2.93. The summed E-state index contributed by atoms with van der Waals surface area (Å²) in [5.41, 5.74) is 0.168. The Bertz CT molecular complexity index is 714. The Morgan fingerprint density at radius 3 is 2.35 bits per heavy atom. The van der Waals surface area contributed by atoms with Gasteiger partial charge in [-0.05, 0) is 52.8 Å². The minimum atomic E-state index is -0.564. The van der Waals surface area contributed by atoms with Crippen molar-refractivity contribution in [1.29, 1.82) is 5.26 Å². The molecule has 142 valence electrons. The van der Waals surface area contributed by atoms with Gasteiger partial charge in [-0.25, -0.2) is 9.59 Å². The molecular weight excluding hydrogens is 334 g/mol. The topological polar surface area (TPSA) is 91.7 Å². The smallest absolute Gasteiger partial charge is 0.407 e. The first-order valence-corrected chi connectivity index (χ1v) is 8.24. The van der Waals surface area contributed by atoms with Crippen LogP contribution in [0.25, 0.3) is 0 Å². The number of alkyl carbamates (subject to hydrolysis) is 1. The molecule has 26 heavy (non-hydrogen) atoms. The number of benzene rings is 1. The molecular formula is C19H27N3O4. The molecule has 0 aliphatic rings. The molecule has 0 spiro atoms. The third-order valence-electron chi connectivity index (χ3n) is 3.89. The lowest BCUT2D eigenvalue weighted by Gasteiger charge is -2.38. The van der Waals surface area contributed by atoms with Crippen molar-refractivity contribution < 1.29 is 19.1 Å². The Morgan fingerprint density at radius 1 is 1.23 bits per heavy atom. The van der Waals surface area contributed by atoms with E-state index in [0.717, 1.165) is 5.69 Å². The highest BCUT2D eigenvalue weighted by Gasteiger charge is 2.27. The summed E-state index contributed by atoms with van der Waals surface area (Å²) in [6.45, 7) is 9.64. The molecule has 0 aliphatic carbocycles. The number of likely N-dealkylation sites (N-methyl/N-ethyl adjacent to an activating group) is 1. The van der Waals surface area contributed by atoms with E-state index >= 15 is 0 Å². The molecule has 0 atom stereocenters. The summed E-state index contributed by atoms with van der Waals surface area (Å²) in [4.78, 5) is 25.5. The highest BCUT2D eigenvalue weighted by Crippen LogP contribution is 2.25. The lowest BCUT2D eigenvalue weighted by Crippen LogP contribution is -2.51. The maximum atomic E-state index is 11.9. The van der Waals surface area contributed by atoms with E-state index in [0.29, 0.717) is 6.54 Å². The van der Waals surface area contributed by atoms with Crippen molar-refractivity contribution in [3.63, 3.8) is 0 Å². The number of nitrogens with zero attached hydrogens (tertiary/aromatic N) is 2. The molecule has 0 fully saturated rings. The van der Waals surface area contributed by atoms with E-state index in [-0.39, 0.29) is 11.1 Å². The number of amides is 1. The standard InChI is InChI=1S/C19H27N3O4/c1-18(2,3)26-17(24)21-12-19(4,5)22(6)14-8-9-15(16(23)25-7)13(10-14)11-20/h8-10H,12H2,1-7H3,(H,21,24). The number of ether oxygens (including phenoxy) is 2. The first-order valence-electron chi connectivity index (χ1n) is 8.24. The van der Waals surface area contributed by atoms with E-state index in [9.17, 15) is 14.9 Å². The zero-order chi connectivity index (χ0) is 20.1. The number of nitrogens with one attached hydrogen (secondary N) is 1. The van der Waals surface area contributed by atoms with Gasteiger partial charge in [-0.15, -0.1) is 0 Å². The van der Waals surface area contributed by atoms with Crippen LogP contribution in [0.4, 0.5) is 10.5 Å². The van der Waals surface area contributed by atoms with Crippen LogP contribution >= 0.6 is 0 Å². The van der Waals surface area contributed by atoms with Gasteiger partial charge in [-0.2, -0.15) is 5.26 Å². The van der Waals surface area contributed by atoms with Crippen molar-refractivity contribution >= 4 is 17.7 Å². The first-order chi connectivity index (χ1) is 11.9. The molecule has 1 rings (SSSR count). The summed E-state index contributed by atoms with van der Waals surface area (Å²) in [5, 5.41) is 12.1. The summed E-state index contributed by atoms with van der Waals surface area (Å²) in [7, 11) is 3.13. The zero-order valence-corrected chi connectivity index (χ0v) is 16.5. The molecule has 1 aromatic rings. The van der Waals surface area contributed by atoms with E-state index in [2.05, 4.69) is 10.1 Å². The molecule has 0 saturated heterocycles. The van der Waals surface area contributed by atoms with Gasteiger partial charge in [0, 0.05) is 19.3 Å². The Hall–Kier alpha value is -2.75. The number of rotatable bonds is 5. The maximum Gasteiger partial charge on any atom is 0.407 e. The minimum absolute atomic E-state index is 0.219. The molecule has 0 saturated carbocycles. The number of carbonyl (C=O) groups is 2. The maximum absolute atomic E-state index is 11.9. The van der Waals surface area contributed by atoms with Crippen LogP contribution in [0.3, 0.4) is 0 Å². The Kier molecular flexibility index (Phi) is 6.62. The molecule has 0 aromatic heterocycles. The molecule has 0 bridgehead atoms. The number of hydrogen-bond acceptors (Lipinski definition) is 6. The zero-order valence-electron chi connectivity index (χ0n) is 16.5. The molecule has 0 heterocycles.